The summed E-state index contributed by atoms with van der Waals surface area (Å²) in [6, 6.07) is 11.0. The van der Waals surface area contributed by atoms with Gasteiger partial charge in [-0.15, -0.1) is 0 Å². The average Bonchev–Trinajstić information content (AvgIpc) is 3.05. The van der Waals surface area contributed by atoms with Gasteiger partial charge in [0, 0.05) is 36.6 Å². The number of hydrogen-bond acceptors (Lipinski definition) is 4. The zero-order valence-corrected chi connectivity index (χ0v) is 19.9. The Hall–Kier alpha value is -2.90. The number of carbonyl (C=O) groups is 4. The maximum Gasteiger partial charge on any atom is 0.261 e. The molecule has 7 nitrogen and oxygen atoms in total. The summed E-state index contributed by atoms with van der Waals surface area (Å²) >= 11 is 12.3. The highest BCUT2D eigenvalue weighted by Gasteiger charge is 2.35. The van der Waals surface area contributed by atoms with Crippen LogP contribution in [0.25, 0.3) is 0 Å². The molecule has 3 rings (SSSR count). The van der Waals surface area contributed by atoms with Crippen molar-refractivity contribution in [1.82, 2.24) is 15.1 Å². The molecular weight excluding hydrogens is 465 g/mol. The van der Waals surface area contributed by atoms with Crippen LogP contribution in [0.1, 0.15) is 52.5 Å². The van der Waals surface area contributed by atoms with Gasteiger partial charge in [-0.25, -0.2) is 0 Å². The fourth-order valence-corrected chi connectivity index (χ4v) is 4.36. The van der Waals surface area contributed by atoms with Crippen molar-refractivity contribution in [2.75, 3.05) is 13.6 Å². The van der Waals surface area contributed by atoms with Gasteiger partial charge >= 0.3 is 0 Å². The number of hydrogen-bond donors (Lipinski definition) is 1. The van der Waals surface area contributed by atoms with Gasteiger partial charge < -0.3 is 10.2 Å². The molecular formula is C24H25Cl2N3O4. The first-order valence-electron chi connectivity index (χ1n) is 10.7. The first-order chi connectivity index (χ1) is 15.8. The van der Waals surface area contributed by atoms with E-state index in [1.54, 1.807) is 42.5 Å². The fourth-order valence-electron chi connectivity index (χ4n) is 3.89. The van der Waals surface area contributed by atoms with Crippen LogP contribution in [0.4, 0.5) is 0 Å². The summed E-state index contributed by atoms with van der Waals surface area (Å²) < 4.78 is 0. The molecule has 0 saturated heterocycles. The lowest BCUT2D eigenvalue weighted by molar-refractivity contribution is -0.141. The summed E-state index contributed by atoms with van der Waals surface area (Å²) in [5.74, 6) is -1.27. The maximum absolute atomic E-state index is 13.2. The molecule has 9 heteroatoms. The number of fused-ring (bicyclic) bond motifs is 1. The lowest BCUT2D eigenvalue weighted by Crippen LogP contribution is -2.48. The summed E-state index contributed by atoms with van der Waals surface area (Å²) in [6.45, 7) is 2.07. The molecule has 0 aromatic heterocycles. The van der Waals surface area contributed by atoms with Crippen LogP contribution < -0.4 is 5.32 Å². The second kappa shape index (κ2) is 10.8. The summed E-state index contributed by atoms with van der Waals surface area (Å²) in [4.78, 5) is 53.4. The second-order valence-corrected chi connectivity index (χ2v) is 8.55. The lowest BCUT2D eigenvalue weighted by atomic mass is 10.1. The zero-order valence-electron chi connectivity index (χ0n) is 18.4. The summed E-state index contributed by atoms with van der Waals surface area (Å²) in [5, 5.41) is 3.47. The molecule has 1 unspecified atom stereocenters. The van der Waals surface area contributed by atoms with Crippen molar-refractivity contribution in [2.45, 2.75) is 38.8 Å². The van der Waals surface area contributed by atoms with Crippen LogP contribution in [0.2, 0.25) is 10.0 Å². The lowest BCUT2D eigenvalue weighted by Gasteiger charge is -2.30. The minimum absolute atomic E-state index is 0.0616. The average molecular weight is 490 g/mol. The van der Waals surface area contributed by atoms with Crippen LogP contribution in [0.15, 0.2) is 42.5 Å². The van der Waals surface area contributed by atoms with Crippen molar-refractivity contribution in [3.05, 3.63) is 69.2 Å². The Morgan fingerprint density at radius 3 is 2.24 bits per heavy atom. The molecule has 174 valence electrons. The SMILES string of the molecule is CCC(C(=O)NC)N(Cc1ccc(Cl)cc1Cl)C(=O)CCCN1C(=O)c2ccccc2C1=O. The van der Waals surface area contributed by atoms with Crippen molar-refractivity contribution >= 4 is 46.8 Å². The third kappa shape index (κ3) is 5.37. The van der Waals surface area contributed by atoms with Crippen LogP contribution in [0.3, 0.4) is 0 Å². The van der Waals surface area contributed by atoms with E-state index >= 15 is 0 Å². The number of rotatable bonds is 9. The van der Waals surface area contributed by atoms with E-state index in [9.17, 15) is 19.2 Å². The minimum atomic E-state index is -0.687. The molecule has 0 saturated carbocycles. The van der Waals surface area contributed by atoms with Crippen LogP contribution in [0.5, 0.6) is 0 Å². The van der Waals surface area contributed by atoms with E-state index in [1.165, 1.54) is 11.9 Å². The molecule has 2 aromatic rings. The van der Waals surface area contributed by atoms with Crippen molar-refractivity contribution < 1.29 is 19.2 Å². The van der Waals surface area contributed by atoms with Crippen LogP contribution in [-0.2, 0) is 16.1 Å². The van der Waals surface area contributed by atoms with Crippen LogP contribution >= 0.6 is 23.2 Å². The Labute approximate surface area is 202 Å². The van der Waals surface area contributed by atoms with Gasteiger partial charge in [0.25, 0.3) is 11.8 Å². The number of nitrogens with one attached hydrogen (secondary N) is 1. The largest absolute Gasteiger partial charge is 0.357 e. The Kier molecular flexibility index (Phi) is 8.10. The standard InChI is InChI=1S/C24H25Cl2N3O4/c1-3-20(22(31)27-2)29(14-15-10-11-16(25)13-19(15)26)21(30)9-6-12-28-23(32)17-7-4-5-8-18(17)24(28)33/h4-5,7-8,10-11,13,20H,3,6,9,12,14H2,1-2H3,(H,27,31). The van der Waals surface area contributed by atoms with Gasteiger partial charge in [-0.3, -0.25) is 24.1 Å². The van der Waals surface area contributed by atoms with Gasteiger partial charge in [-0.05, 0) is 42.7 Å². The number of benzene rings is 2. The van der Waals surface area contributed by atoms with Gasteiger partial charge in [-0.1, -0.05) is 48.3 Å². The number of likely N-dealkylation sites (N-methyl/N-ethyl adjacent to an activating group) is 1. The topological polar surface area (TPSA) is 86.8 Å². The highest BCUT2D eigenvalue weighted by atomic mass is 35.5. The molecule has 1 N–H and O–H groups in total. The molecule has 33 heavy (non-hydrogen) atoms. The molecule has 0 aliphatic carbocycles. The summed E-state index contributed by atoms with van der Waals surface area (Å²) in [7, 11) is 1.52. The molecule has 1 aliphatic rings. The van der Waals surface area contributed by atoms with Crippen molar-refractivity contribution in [3.63, 3.8) is 0 Å². The van der Waals surface area contributed by atoms with Crippen molar-refractivity contribution in [3.8, 4) is 0 Å². The second-order valence-electron chi connectivity index (χ2n) is 7.71. The van der Waals surface area contributed by atoms with Gasteiger partial charge in [0.05, 0.1) is 11.1 Å². The first-order valence-corrected chi connectivity index (χ1v) is 11.4. The van der Waals surface area contributed by atoms with E-state index < -0.39 is 6.04 Å². The summed E-state index contributed by atoms with van der Waals surface area (Å²) in [6.07, 6.45) is 0.750. The molecule has 0 radical (unpaired) electrons. The van der Waals surface area contributed by atoms with E-state index in [0.717, 1.165) is 4.90 Å². The minimum Gasteiger partial charge on any atom is -0.357 e. The molecule has 0 spiro atoms. The highest BCUT2D eigenvalue weighted by molar-refractivity contribution is 6.35. The number of amides is 4. The van der Waals surface area contributed by atoms with Crippen molar-refractivity contribution in [1.29, 1.82) is 0 Å². The molecule has 1 heterocycles. The third-order valence-electron chi connectivity index (χ3n) is 5.64. The van der Waals surface area contributed by atoms with E-state index in [-0.39, 0.29) is 49.6 Å². The number of carbonyl (C=O) groups excluding carboxylic acids is 4. The molecule has 1 atom stereocenters. The molecule has 4 amide bonds. The fraction of sp³-hybridized carbons (Fsp3) is 0.333. The monoisotopic (exact) mass is 489 g/mol. The van der Waals surface area contributed by atoms with E-state index in [1.807, 2.05) is 6.92 Å². The molecule has 1 aliphatic heterocycles. The maximum atomic E-state index is 13.2. The number of halogens is 2. The van der Waals surface area contributed by atoms with Gasteiger partial charge in [0.1, 0.15) is 6.04 Å². The Morgan fingerprint density at radius 1 is 1.06 bits per heavy atom. The predicted molar refractivity (Wildman–Crippen MR) is 126 cm³/mol. The van der Waals surface area contributed by atoms with E-state index in [4.69, 9.17) is 23.2 Å². The van der Waals surface area contributed by atoms with Crippen LogP contribution in [-0.4, -0.2) is 53.1 Å². The van der Waals surface area contributed by atoms with Gasteiger partial charge in [0.2, 0.25) is 11.8 Å². The summed E-state index contributed by atoms with van der Waals surface area (Å²) in [5.41, 5.74) is 1.41. The molecule has 2 aromatic carbocycles. The first kappa shape index (κ1) is 24.7. The highest BCUT2D eigenvalue weighted by Crippen LogP contribution is 2.25. The van der Waals surface area contributed by atoms with E-state index in [2.05, 4.69) is 5.32 Å². The Morgan fingerprint density at radius 2 is 1.70 bits per heavy atom. The number of nitrogens with zero attached hydrogens (tertiary/aromatic N) is 2. The molecule has 0 fully saturated rings. The van der Waals surface area contributed by atoms with Crippen molar-refractivity contribution in [2.24, 2.45) is 0 Å². The zero-order chi connectivity index (χ0) is 24.1. The Bertz CT molecular complexity index is 1050. The smallest absolute Gasteiger partial charge is 0.261 e. The quantitative estimate of drug-likeness (QED) is 0.540. The normalized spacial score (nSPS) is 13.6. The predicted octanol–water partition coefficient (Wildman–Crippen LogP) is 3.92. The van der Waals surface area contributed by atoms with Crippen LogP contribution in [0, 0.1) is 0 Å². The third-order valence-corrected chi connectivity index (χ3v) is 6.23. The number of imide groups is 1. The Balaban J connectivity index is 1.71. The van der Waals surface area contributed by atoms with E-state index in [0.29, 0.717) is 33.2 Å². The van der Waals surface area contributed by atoms with Gasteiger partial charge in [0.15, 0.2) is 0 Å². The molecule has 0 bridgehead atoms. The van der Waals surface area contributed by atoms with Gasteiger partial charge in [-0.2, -0.15) is 0 Å².